The molecule has 4 rings (SSSR count). The van der Waals surface area contributed by atoms with Crippen molar-refractivity contribution < 1.29 is 33.2 Å². The van der Waals surface area contributed by atoms with Gasteiger partial charge in [0.1, 0.15) is 41.6 Å². The molecule has 2 aromatic carbocycles. The van der Waals surface area contributed by atoms with Crippen LogP contribution >= 0.6 is 27.7 Å². The number of nitriles is 1. The zero-order valence-corrected chi connectivity index (χ0v) is 19.4. The van der Waals surface area contributed by atoms with Gasteiger partial charge in [0.15, 0.2) is 17.5 Å². The van der Waals surface area contributed by atoms with E-state index in [1.54, 1.807) is 18.2 Å². The van der Waals surface area contributed by atoms with E-state index in [4.69, 9.17) is 10.00 Å². The molecule has 5 atom stereocenters. The van der Waals surface area contributed by atoms with Crippen LogP contribution in [-0.2, 0) is 4.74 Å². The van der Waals surface area contributed by atoms with Crippen LogP contribution in [0.5, 0.6) is 0 Å². The molecule has 1 fully saturated rings. The van der Waals surface area contributed by atoms with Gasteiger partial charge in [-0.2, -0.15) is 5.26 Å². The first-order valence-corrected chi connectivity index (χ1v) is 11.5. The Morgan fingerprint density at radius 2 is 1.85 bits per heavy atom. The van der Waals surface area contributed by atoms with Crippen LogP contribution in [0.2, 0.25) is 0 Å². The van der Waals surface area contributed by atoms with Crippen molar-refractivity contribution in [2.45, 2.75) is 34.7 Å². The molecule has 0 spiro atoms. The van der Waals surface area contributed by atoms with Crippen LogP contribution in [0.3, 0.4) is 0 Å². The Labute approximate surface area is 203 Å². The number of benzene rings is 2. The lowest BCUT2D eigenvalue weighted by atomic mass is 9.97. The van der Waals surface area contributed by atoms with Crippen LogP contribution in [0.25, 0.3) is 11.3 Å². The summed E-state index contributed by atoms with van der Waals surface area (Å²) in [6, 6.07) is 7.29. The van der Waals surface area contributed by atoms with Crippen molar-refractivity contribution in [2.24, 2.45) is 0 Å². The van der Waals surface area contributed by atoms with Crippen molar-refractivity contribution in [3.05, 3.63) is 64.0 Å². The van der Waals surface area contributed by atoms with E-state index >= 15 is 0 Å². The van der Waals surface area contributed by atoms with Gasteiger partial charge in [-0.15, -0.1) is 5.10 Å². The van der Waals surface area contributed by atoms with E-state index < -0.39 is 53.8 Å². The molecule has 1 saturated heterocycles. The number of hydrogen-bond acceptors (Lipinski definition) is 8. The number of aromatic nitrogens is 3. The minimum absolute atomic E-state index is 0.0236. The molecule has 2 heterocycles. The highest BCUT2D eigenvalue weighted by molar-refractivity contribution is 9.10. The first-order valence-electron chi connectivity index (χ1n) is 9.79. The zero-order valence-electron chi connectivity index (χ0n) is 17.0. The van der Waals surface area contributed by atoms with Gasteiger partial charge in [-0.3, -0.25) is 0 Å². The highest BCUT2D eigenvalue weighted by atomic mass is 79.9. The molecule has 0 unspecified atom stereocenters. The Morgan fingerprint density at radius 3 is 2.47 bits per heavy atom. The van der Waals surface area contributed by atoms with Crippen molar-refractivity contribution >= 4 is 27.7 Å². The van der Waals surface area contributed by atoms with Gasteiger partial charge in [0, 0.05) is 14.9 Å². The number of rotatable bonds is 5. The number of hydrogen-bond donors (Lipinski definition) is 3. The van der Waals surface area contributed by atoms with Gasteiger partial charge in [-0.05, 0) is 46.3 Å². The summed E-state index contributed by atoms with van der Waals surface area (Å²) in [7, 11) is 0. The Hall–Kier alpha value is -2.47. The number of thioether (sulfide) groups is 1. The van der Waals surface area contributed by atoms with Crippen LogP contribution in [0.1, 0.15) is 11.6 Å². The quantitative estimate of drug-likeness (QED) is 0.410. The molecule has 0 aliphatic carbocycles. The molecule has 3 aromatic rings. The van der Waals surface area contributed by atoms with Gasteiger partial charge in [0.25, 0.3) is 0 Å². The maximum Gasteiger partial charge on any atom is 0.194 e. The van der Waals surface area contributed by atoms with Crippen molar-refractivity contribution in [1.82, 2.24) is 15.0 Å². The average molecular weight is 557 g/mol. The molecule has 0 amide bonds. The van der Waals surface area contributed by atoms with E-state index in [0.717, 1.165) is 28.6 Å². The highest BCUT2D eigenvalue weighted by Gasteiger charge is 2.46. The molecule has 178 valence electrons. The van der Waals surface area contributed by atoms with E-state index in [1.807, 2.05) is 6.07 Å². The lowest BCUT2D eigenvalue weighted by Gasteiger charge is -2.41. The largest absolute Gasteiger partial charge is 0.394 e. The molecular formula is C21H16BrF3N4O4S. The topological polar surface area (TPSA) is 124 Å². The van der Waals surface area contributed by atoms with E-state index in [-0.39, 0.29) is 11.3 Å². The summed E-state index contributed by atoms with van der Waals surface area (Å²) in [4.78, 5) is 0.637. The molecule has 13 heteroatoms. The van der Waals surface area contributed by atoms with Crippen molar-refractivity contribution in [3.8, 4) is 17.3 Å². The van der Waals surface area contributed by atoms with Gasteiger partial charge in [0.05, 0.1) is 18.4 Å². The fourth-order valence-electron chi connectivity index (χ4n) is 3.53. The second kappa shape index (κ2) is 10.0. The number of nitrogens with zero attached hydrogens (tertiary/aromatic N) is 4. The predicted molar refractivity (Wildman–Crippen MR) is 117 cm³/mol. The van der Waals surface area contributed by atoms with Gasteiger partial charge in [-0.25, -0.2) is 17.9 Å². The highest BCUT2D eigenvalue weighted by Crippen LogP contribution is 2.39. The Kier molecular flexibility index (Phi) is 7.27. The second-order valence-electron chi connectivity index (χ2n) is 7.41. The molecule has 8 nitrogen and oxygen atoms in total. The second-order valence-corrected chi connectivity index (χ2v) is 9.43. The molecular weight excluding hydrogens is 541 g/mol. The monoisotopic (exact) mass is 556 g/mol. The summed E-state index contributed by atoms with van der Waals surface area (Å²) in [5, 5.41) is 48.1. The number of aliphatic hydroxyl groups is 3. The van der Waals surface area contributed by atoms with Crippen LogP contribution < -0.4 is 0 Å². The molecule has 0 radical (unpaired) electrons. The van der Waals surface area contributed by atoms with Crippen molar-refractivity contribution in [1.29, 1.82) is 5.26 Å². The summed E-state index contributed by atoms with van der Waals surface area (Å²) in [6.07, 6.45) is -2.60. The summed E-state index contributed by atoms with van der Waals surface area (Å²) in [6.45, 7) is -0.561. The first kappa shape index (κ1) is 24.6. The van der Waals surface area contributed by atoms with Crippen LogP contribution in [0.4, 0.5) is 13.2 Å². The fraction of sp³-hybridized carbons (Fsp3) is 0.286. The van der Waals surface area contributed by atoms with E-state index in [2.05, 4.69) is 26.2 Å². The van der Waals surface area contributed by atoms with Gasteiger partial charge in [-0.1, -0.05) is 17.0 Å². The minimum atomic E-state index is -1.62. The Morgan fingerprint density at radius 1 is 1.15 bits per heavy atom. The SMILES string of the molecule is N#Cc1ccc(S[C@H]2O[C@H](CO)[C@H](O)[C@H](n3cc(-c4cc(F)c(F)c(F)c4)nn3)[C@H]2O)cc1Br. The molecule has 1 aliphatic heterocycles. The predicted octanol–water partition coefficient (Wildman–Crippen LogP) is 2.77. The zero-order chi connectivity index (χ0) is 24.6. The Bertz CT molecular complexity index is 1230. The summed E-state index contributed by atoms with van der Waals surface area (Å²) in [5.74, 6) is -4.42. The first-order chi connectivity index (χ1) is 16.2. The summed E-state index contributed by atoms with van der Waals surface area (Å²) >= 11 is 4.39. The molecule has 1 aromatic heterocycles. The van der Waals surface area contributed by atoms with Crippen molar-refractivity contribution in [2.75, 3.05) is 6.61 Å². The number of ether oxygens (including phenoxy) is 1. The molecule has 1 aliphatic rings. The van der Waals surface area contributed by atoms with E-state index in [9.17, 15) is 28.5 Å². The third kappa shape index (κ3) is 4.70. The lowest BCUT2D eigenvalue weighted by molar-refractivity contribution is -0.178. The number of halogens is 4. The van der Waals surface area contributed by atoms with Crippen LogP contribution in [-0.4, -0.2) is 60.7 Å². The maximum atomic E-state index is 13.6. The van der Waals surface area contributed by atoms with E-state index in [1.165, 1.54) is 6.20 Å². The van der Waals surface area contributed by atoms with Gasteiger partial charge < -0.3 is 20.1 Å². The van der Waals surface area contributed by atoms with Crippen LogP contribution in [0.15, 0.2) is 45.9 Å². The molecule has 0 saturated carbocycles. The average Bonchev–Trinajstić information content (AvgIpc) is 3.29. The molecule has 3 N–H and O–H groups in total. The maximum absolute atomic E-state index is 13.6. The minimum Gasteiger partial charge on any atom is -0.394 e. The van der Waals surface area contributed by atoms with Gasteiger partial charge >= 0.3 is 0 Å². The fourth-order valence-corrected chi connectivity index (χ4v) is 5.25. The van der Waals surface area contributed by atoms with Crippen LogP contribution in [0, 0.1) is 28.8 Å². The third-order valence-electron chi connectivity index (χ3n) is 5.26. The number of aliphatic hydroxyl groups excluding tert-OH is 3. The lowest BCUT2D eigenvalue weighted by Crippen LogP contribution is -2.55. The molecule has 0 bridgehead atoms. The Balaban J connectivity index is 1.63. The normalized spacial score (nSPS) is 24.7. The van der Waals surface area contributed by atoms with Crippen molar-refractivity contribution in [3.63, 3.8) is 0 Å². The molecule has 34 heavy (non-hydrogen) atoms. The summed E-state index contributed by atoms with van der Waals surface area (Å²) < 4.78 is 47.9. The standard InChI is InChI=1S/C21H16BrF3N4O4S/c22-12-5-11(2-1-9(12)6-26)34-21-20(32)18(19(31)16(8-30)33-21)29-7-15(27-28-29)10-3-13(23)17(25)14(24)4-10/h1-5,7,16,18-21,30-32H,8H2/t16-,18+,19+,20-,21-/m1/s1. The summed E-state index contributed by atoms with van der Waals surface area (Å²) in [5.41, 5.74) is -0.659. The smallest absolute Gasteiger partial charge is 0.194 e. The van der Waals surface area contributed by atoms with E-state index in [0.29, 0.717) is 14.9 Å². The third-order valence-corrected chi connectivity index (χ3v) is 7.06. The van der Waals surface area contributed by atoms with Gasteiger partial charge in [0.2, 0.25) is 0 Å².